The van der Waals surface area contributed by atoms with Crippen molar-refractivity contribution >= 4 is 23.6 Å². The van der Waals surface area contributed by atoms with Gasteiger partial charge >= 0.3 is 0 Å². The molecule has 1 N–H and O–H groups in total. The van der Waals surface area contributed by atoms with E-state index in [1.165, 1.54) is 11.8 Å². The van der Waals surface area contributed by atoms with Gasteiger partial charge in [0, 0.05) is 0 Å². The topological polar surface area (TPSA) is 78.5 Å². The largest absolute Gasteiger partial charge is 0.548 e. The second-order valence-corrected chi connectivity index (χ2v) is 7.24. The highest BCUT2D eigenvalue weighted by Crippen LogP contribution is 2.30. The molecule has 0 radical (unpaired) electrons. The van der Waals surface area contributed by atoms with Gasteiger partial charge in [-0.25, -0.2) is 0 Å². The van der Waals surface area contributed by atoms with Crippen LogP contribution >= 0.6 is 11.8 Å². The van der Waals surface area contributed by atoms with Gasteiger partial charge in [-0.2, -0.15) is 11.8 Å². The van der Waals surface area contributed by atoms with E-state index in [-0.39, 0.29) is 12.0 Å². The van der Waals surface area contributed by atoms with Crippen molar-refractivity contribution in [2.45, 2.75) is 38.6 Å². The van der Waals surface area contributed by atoms with Gasteiger partial charge < -0.3 is 20.0 Å². The number of nitrogens with one attached hydrogen (secondary N) is 1. The maximum absolute atomic E-state index is 11.9. The number of rotatable bonds is 8. The fraction of sp³-hybridized carbons (Fsp3) is 0.529. The molecule has 0 bridgehead atoms. The lowest BCUT2D eigenvalue weighted by Gasteiger charge is -2.23. The number of aliphatic carboxylic acids is 1. The molecule has 0 aliphatic rings. The van der Waals surface area contributed by atoms with Gasteiger partial charge in [-0.05, 0) is 35.5 Å². The Morgan fingerprint density at radius 3 is 2.52 bits per heavy atom. The minimum absolute atomic E-state index is 0.112. The second-order valence-electron chi connectivity index (χ2n) is 6.26. The van der Waals surface area contributed by atoms with Gasteiger partial charge in [0.25, 0.3) is 5.91 Å². The molecule has 0 aliphatic heterocycles. The second kappa shape index (κ2) is 8.82. The zero-order valence-corrected chi connectivity index (χ0v) is 14.9. The Hall–Kier alpha value is -1.69. The number of amides is 1. The molecule has 1 atom stereocenters. The van der Waals surface area contributed by atoms with Crippen LogP contribution in [0.5, 0.6) is 5.75 Å². The maximum Gasteiger partial charge on any atom is 0.258 e. The summed E-state index contributed by atoms with van der Waals surface area (Å²) < 4.78 is 5.58. The number of hydrogen-bond donors (Lipinski definition) is 1. The van der Waals surface area contributed by atoms with Crippen LogP contribution in [-0.2, 0) is 15.0 Å². The van der Waals surface area contributed by atoms with Crippen LogP contribution in [0.1, 0.15) is 32.8 Å². The van der Waals surface area contributed by atoms with Crippen LogP contribution in [0, 0.1) is 0 Å². The molecule has 6 heteroatoms. The minimum Gasteiger partial charge on any atom is -0.548 e. The Morgan fingerprint density at radius 2 is 1.96 bits per heavy atom. The van der Waals surface area contributed by atoms with Crippen LogP contribution in [0.15, 0.2) is 24.3 Å². The molecule has 0 unspecified atom stereocenters. The molecule has 0 saturated heterocycles. The zero-order chi connectivity index (χ0) is 17.5. The first kappa shape index (κ1) is 19.4. The molecule has 0 aliphatic carbocycles. The Morgan fingerprint density at radius 1 is 1.30 bits per heavy atom. The standard InChI is InChI=1S/C17H25NO4S/c1-17(2,3)12-7-5-6-8-14(12)22-11-15(19)18-13(16(20)21)9-10-23-4/h5-8,13H,9-11H2,1-4H3,(H,18,19)(H,20,21)/p-1/t13-/m1/s1. The first-order valence-electron chi connectivity index (χ1n) is 7.47. The van der Waals surface area contributed by atoms with E-state index in [0.717, 1.165) is 5.56 Å². The molecule has 0 spiro atoms. The van der Waals surface area contributed by atoms with Crippen molar-refractivity contribution in [2.24, 2.45) is 0 Å². The van der Waals surface area contributed by atoms with E-state index in [0.29, 0.717) is 17.9 Å². The highest BCUT2D eigenvalue weighted by atomic mass is 32.2. The Labute approximate surface area is 141 Å². The van der Waals surface area contributed by atoms with Gasteiger partial charge in [-0.1, -0.05) is 39.0 Å². The number of benzene rings is 1. The van der Waals surface area contributed by atoms with Crippen LogP contribution in [-0.4, -0.2) is 36.5 Å². The number of carboxylic acids is 1. The third-order valence-electron chi connectivity index (χ3n) is 3.28. The molecule has 128 valence electrons. The minimum atomic E-state index is -1.28. The molecule has 0 saturated carbocycles. The number of carbonyl (C=O) groups excluding carboxylic acids is 2. The normalized spacial score (nSPS) is 12.5. The summed E-state index contributed by atoms with van der Waals surface area (Å²) in [7, 11) is 0. The average molecular weight is 338 g/mol. The maximum atomic E-state index is 11.9. The predicted octanol–water partition coefficient (Wildman–Crippen LogP) is 1.35. The van der Waals surface area contributed by atoms with Gasteiger partial charge in [0.15, 0.2) is 6.61 Å². The van der Waals surface area contributed by atoms with Crippen molar-refractivity contribution in [1.82, 2.24) is 5.32 Å². The van der Waals surface area contributed by atoms with Crippen molar-refractivity contribution in [3.05, 3.63) is 29.8 Å². The summed E-state index contributed by atoms with van der Waals surface area (Å²) in [6.45, 7) is 5.95. The molecule has 1 amide bonds. The van der Waals surface area contributed by atoms with E-state index in [1.54, 1.807) is 6.07 Å². The molecule has 1 rings (SSSR count). The number of para-hydroxylation sites is 1. The fourth-order valence-corrected chi connectivity index (χ4v) is 2.55. The quantitative estimate of drug-likeness (QED) is 0.774. The third kappa shape index (κ3) is 6.52. The van der Waals surface area contributed by atoms with Crippen molar-refractivity contribution in [2.75, 3.05) is 18.6 Å². The van der Waals surface area contributed by atoms with E-state index in [4.69, 9.17) is 4.74 Å². The summed E-state index contributed by atoms with van der Waals surface area (Å²) in [6.07, 6.45) is 2.20. The Kier molecular flexibility index (Phi) is 7.42. The molecule has 1 aromatic carbocycles. The number of thioether (sulfide) groups is 1. The van der Waals surface area contributed by atoms with Gasteiger partial charge in [0.05, 0.1) is 12.0 Å². The summed E-state index contributed by atoms with van der Waals surface area (Å²) in [5.41, 5.74) is 0.880. The van der Waals surface area contributed by atoms with Gasteiger partial charge in [0.1, 0.15) is 5.75 Å². The number of hydrogen-bond acceptors (Lipinski definition) is 5. The molecule has 0 heterocycles. The lowest BCUT2D eigenvalue weighted by molar-refractivity contribution is -0.308. The van der Waals surface area contributed by atoms with Crippen molar-refractivity contribution in [3.8, 4) is 5.75 Å². The number of ether oxygens (including phenoxy) is 1. The smallest absolute Gasteiger partial charge is 0.258 e. The first-order valence-corrected chi connectivity index (χ1v) is 8.86. The van der Waals surface area contributed by atoms with Crippen molar-refractivity contribution in [1.29, 1.82) is 0 Å². The van der Waals surface area contributed by atoms with Crippen LogP contribution in [0.25, 0.3) is 0 Å². The highest BCUT2D eigenvalue weighted by molar-refractivity contribution is 7.98. The Bertz CT molecular complexity index is 540. The summed E-state index contributed by atoms with van der Waals surface area (Å²) in [5.74, 6) is -0.483. The van der Waals surface area contributed by atoms with Crippen LogP contribution in [0.2, 0.25) is 0 Å². The van der Waals surface area contributed by atoms with E-state index in [1.807, 2.05) is 24.5 Å². The van der Waals surface area contributed by atoms with Gasteiger partial charge in [0.2, 0.25) is 0 Å². The van der Waals surface area contributed by atoms with Crippen molar-refractivity contribution < 1.29 is 19.4 Å². The summed E-state index contributed by atoms with van der Waals surface area (Å²) in [6, 6.07) is 6.52. The van der Waals surface area contributed by atoms with Crippen molar-refractivity contribution in [3.63, 3.8) is 0 Å². The van der Waals surface area contributed by atoms with Crippen LogP contribution in [0.3, 0.4) is 0 Å². The monoisotopic (exact) mass is 338 g/mol. The van der Waals surface area contributed by atoms with E-state index >= 15 is 0 Å². The third-order valence-corrected chi connectivity index (χ3v) is 3.93. The van der Waals surface area contributed by atoms with Gasteiger partial charge in [-0.15, -0.1) is 0 Å². The first-order chi connectivity index (χ1) is 10.8. The number of carbonyl (C=O) groups is 2. The van der Waals surface area contributed by atoms with Crippen LogP contribution < -0.4 is 15.2 Å². The fourth-order valence-electron chi connectivity index (χ4n) is 2.08. The Balaban J connectivity index is 2.64. The molecule has 1 aromatic rings. The molecule has 23 heavy (non-hydrogen) atoms. The zero-order valence-electron chi connectivity index (χ0n) is 14.0. The molecule has 0 fully saturated rings. The highest BCUT2D eigenvalue weighted by Gasteiger charge is 2.19. The molecular weight excluding hydrogens is 314 g/mol. The molecular formula is C17H24NO4S-. The van der Waals surface area contributed by atoms with E-state index in [9.17, 15) is 14.7 Å². The summed E-state index contributed by atoms with van der Waals surface area (Å²) in [5, 5.41) is 13.5. The lowest BCUT2D eigenvalue weighted by atomic mass is 9.86. The van der Waals surface area contributed by atoms with Gasteiger partial charge in [-0.3, -0.25) is 4.79 Å². The summed E-state index contributed by atoms with van der Waals surface area (Å²) >= 11 is 1.52. The molecule has 5 nitrogen and oxygen atoms in total. The van der Waals surface area contributed by atoms with Crippen LogP contribution in [0.4, 0.5) is 0 Å². The average Bonchev–Trinajstić information content (AvgIpc) is 2.48. The summed E-state index contributed by atoms with van der Waals surface area (Å²) in [4.78, 5) is 22.9. The van der Waals surface area contributed by atoms with E-state index in [2.05, 4.69) is 26.1 Å². The predicted molar refractivity (Wildman–Crippen MR) is 90.6 cm³/mol. The SMILES string of the molecule is CSCC[C@@H](NC(=O)COc1ccccc1C(C)(C)C)C(=O)[O-]. The number of carboxylic acid groups (broad SMARTS) is 1. The molecule has 0 aromatic heterocycles. The lowest BCUT2D eigenvalue weighted by Crippen LogP contribution is -2.49. The van der Waals surface area contributed by atoms with E-state index < -0.39 is 17.9 Å².